The lowest BCUT2D eigenvalue weighted by molar-refractivity contribution is -0.133. The van der Waals surface area contributed by atoms with E-state index in [1.165, 1.54) is 7.11 Å². The summed E-state index contributed by atoms with van der Waals surface area (Å²) in [5.41, 5.74) is 0.296. The van der Waals surface area contributed by atoms with Crippen LogP contribution in [-0.4, -0.2) is 24.1 Å². The minimum absolute atomic E-state index is 0.121. The molecule has 1 rings (SSSR count). The summed E-state index contributed by atoms with van der Waals surface area (Å²) in [6.45, 7) is 1.63. The number of alkyl halides is 2. The van der Waals surface area contributed by atoms with E-state index in [-0.39, 0.29) is 11.3 Å². The predicted molar refractivity (Wildman–Crippen MR) is 69.5 cm³/mol. The molecule has 0 saturated carbocycles. The Bertz CT molecular complexity index is 430. The van der Waals surface area contributed by atoms with Crippen molar-refractivity contribution in [3.8, 4) is 0 Å². The Hall–Kier alpha value is -1.36. The smallest absolute Gasteiger partial charge is 0.338 e. The van der Waals surface area contributed by atoms with Gasteiger partial charge in [0, 0.05) is 6.08 Å². The Morgan fingerprint density at radius 3 is 2.50 bits per heavy atom. The number of thioether (sulfide) groups is 1. The van der Waals surface area contributed by atoms with Gasteiger partial charge in [0.2, 0.25) is 0 Å². The zero-order chi connectivity index (χ0) is 13.6. The van der Waals surface area contributed by atoms with Gasteiger partial charge in [-0.25, -0.2) is 4.79 Å². The van der Waals surface area contributed by atoms with Crippen LogP contribution in [0.3, 0.4) is 0 Å². The molecule has 0 amide bonds. The van der Waals surface area contributed by atoms with Gasteiger partial charge in [0.1, 0.15) is 0 Å². The van der Waals surface area contributed by atoms with Crippen LogP contribution in [0.5, 0.6) is 0 Å². The lowest BCUT2D eigenvalue weighted by Gasteiger charge is -2.13. The Morgan fingerprint density at radius 2 is 2.00 bits per heavy atom. The maximum absolute atomic E-state index is 13.5. The van der Waals surface area contributed by atoms with E-state index in [1.54, 1.807) is 37.3 Å². The number of hydrogen-bond acceptors (Lipinski definition) is 3. The Morgan fingerprint density at radius 1 is 1.39 bits per heavy atom. The maximum atomic E-state index is 13.5. The van der Waals surface area contributed by atoms with Crippen LogP contribution >= 0.6 is 11.8 Å². The molecule has 0 saturated heterocycles. The normalized spacial score (nSPS) is 12.3. The molecule has 1 aromatic carbocycles. The summed E-state index contributed by atoms with van der Waals surface area (Å²) in [6, 6.07) is 8.29. The predicted octanol–water partition coefficient (Wildman–Crippen LogP) is 3.59. The van der Waals surface area contributed by atoms with E-state index in [0.29, 0.717) is 23.4 Å². The van der Waals surface area contributed by atoms with Gasteiger partial charge in [0.15, 0.2) is 0 Å². The van der Waals surface area contributed by atoms with E-state index in [9.17, 15) is 13.6 Å². The molecule has 0 N–H and O–H groups in total. The molecule has 0 heterocycles. The van der Waals surface area contributed by atoms with Crippen molar-refractivity contribution in [2.24, 2.45) is 0 Å². The molecular weight excluding hydrogens is 258 g/mol. The average Bonchev–Trinajstić information content (AvgIpc) is 2.36. The van der Waals surface area contributed by atoms with Gasteiger partial charge in [0.05, 0.1) is 12.7 Å². The molecule has 0 fully saturated rings. The van der Waals surface area contributed by atoms with Gasteiger partial charge < -0.3 is 4.74 Å². The molecule has 98 valence electrons. The van der Waals surface area contributed by atoms with Crippen LogP contribution < -0.4 is 0 Å². The molecule has 0 bridgehead atoms. The molecule has 0 atom stereocenters. The molecule has 1 aromatic rings. The summed E-state index contributed by atoms with van der Waals surface area (Å²) in [5, 5.41) is -3.09. The van der Waals surface area contributed by atoms with Crippen LogP contribution in [0.1, 0.15) is 12.5 Å². The molecule has 0 spiro atoms. The Labute approximate surface area is 109 Å². The average molecular weight is 272 g/mol. The highest BCUT2D eigenvalue weighted by atomic mass is 32.2. The van der Waals surface area contributed by atoms with Crippen LogP contribution in [0.25, 0.3) is 5.57 Å². The Balaban J connectivity index is 3.15. The topological polar surface area (TPSA) is 26.3 Å². The van der Waals surface area contributed by atoms with Crippen LogP contribution in [0, 0.1) is 0 Å². The monoisotopic (exact) mass is 272 g/mol. The highest BCUT2D eigenvalue weighted by Gasteiger charge is 2.28. The second kappa shape index (κ2) is 6.54. The molecule has 0 unspecified atom stereocenters. The fourth-order valence-electron chi connectivity index (χ4n) is 1.39. The van der Waals surface area contributed by atoms with E-state index in [0.717, 1.165) is 0 Å². The number of carbonyl (C=O) groups is 1. The third-order valence-corrected chi connectivity index (χ3v) is 2.93. The molecule has 0 aliphatic carbocycles. The second-order valence-corrected chi connectivity index (χ2v) is 4.82. The number of rotatable bonds is 5. The number of hydrogen-bond donors (Lipinski definition) is 0. The van der Waals surface area contributed by atoms with E-state index in [4.69, 9.17) is 0 Å². The fourth-order valence-corrected chi connectivity index (χ4v) is 1.98. The molecule has 5 heteroatoms. The largest absolute Gasteiger partial charge is 0.465 e. The first-order valence-corrected chi connectivity index (χ1v) is 6.37. The SMILES string of the molecule is CCSC(F)(F)/C=C(/C(=O)OC)c1ccccc1. The zero-order valence-corrected chi connectivity index (χ0v) is 11.0. The van der Waals surface area contributed by atoms with Crippen LogP contribution in [0.4, 0.5) is 8.78 Å². The van der Waals surface area contributed by atoms with Crippen molar-refractivity contribution in [3.63, 3.8) is 0 Å². The van der Waals surface area contributed by atoms with E-state index < -0.39 is 11.2 Å². The summed E-state index contributed by atoms with van der Waals surface area (Å²) < 4.78 is 31.6. The standard InChI is InChI=1S/C13H14F2O2S/c1-3-18-13(14,15)9-11(12(16)17-2)10-7-5-4-6-8-10/h4-9H,3H2,1-2H3/b11-9+. The number of halogens is 2. The molecule has 0 aromatic heterocycles. The maximum Gasteiger partial charge on any atom is 0.338 e. The minimum atomic E-state index is -3.09. The highest BCUT2D eigenvalue weighted by Crippen LogP contribution is 2.33. The summed E-state index contributed by atoms with van der Waals surface area (Å²) in [6.07, 6.45) is 0.655. The fraction of sp³-hybridized carbons (Fsp3) is 0.308. The zero-order valence-electron chi connectivity index (χ0n) is 10.2. The number of methoxy groups -OCH3 is 1. The van der Waals surface area contributed by atoms with Crippen molar-refractivity contribution >= 4 is 23.3 Å². The van der Waals surface area contributed by atoms with Gasteiger partial charge in [0.25, 0.3) is 0 Å². The van der Waals surface area contributed by atoms with Crippen LogP contribution in [0.2, 0.25) is 0 Å². The molecule has 0 aliphatic rings. The Kier molecular flexibility index (Phi) is 5.34. The van der Waals surface area contributed by atoms with Gasteiger partial charge in [-0.2, -0.15) is 8.78 Å². The van der Waals surface area contributed by atoms with Crippen molar-refractivity contribution in [1.29, 1.82) is 0 Å². The lowest BCUT2D eigenvalue weighted by atomic mass is 10.1. The van der Waals surface area contributed by atoms with E-state index >= 15 is 0 Å². The first-order chi connectivity index (χ1) is 8.50. The van der Waals surface area contributed by atoms with Gasteiger partial charge in [-0.15, -0.1) is 0 Å². The summed E-state index contributed by atoms with van der Waals surface area (Å²) >= 11 is 0.467. The van der Waals surface area contributed by atoms with Crippen molar-refractivity contribution in [3.05, 3.63) is 42.0 Å². The molecule has 2 nitrogen and oxygen atoms in total. The summed E-state index contributed by atoms with van der Waals surface area (Å²) in [5.74, 6) is -0.509. The molecule has 0 radical (unpaired) electrons. The quantitative estimate of drug-likeness (QED) is 0.605. The first-order valence-electron chi connectivity index (χ1n) is 5.38. The van der Waals surface area contributed by atoms with Gasteiger partial charge in [-0.3, -0.25) is 0 Å². The third-order valence-electron chi connectivity index (χ3n) is 2.14. The molecular formula is C13H14F2O2S. The first kappa shape index (κ1) is 14.7. The van der Waals surface area contributed by atoms with Gasteiger partial charge >= 0.3 is 11.2 Å². The number of ether oxygens (including phenoxy) is 1. The molecule has 18 heavy (non-hydrogen) atoms. The summed E-state index contributed by atoms with van der Waals surface area (Å²) in [4.78, 5) is 11.6. The van der Waals surface area contributed by atoms with Crippen molar-refractivity contribution < 1.29 is 18.3 Å². The number of benzene rings is 1. The highest BCUT2D eigenvalue weighted by molar-refractivity contribution is 8.00. The van der Waals surface area contributed by atoms with E-state index in [2.05, 4.69) is 4.74 Å². The minimum Gasteiger partial charge on any atom is -0.465 e. The van der Waals surface area contributed by atoms with Gasteiger partial charge in [-0.1, -0.05) is 49.0 Å². The van der Waals surface area contributed by atoms with Gasteiger partial charge in [-0.05, 0) is 11.3 Å². The molecule has 0 aliphatic heterocycles. The van der Waals surface area contributed by atoms with Crippen LogP contribution in [-0.2, 0) is 9.53 Å². The van der Waals surface area contributed by atoms with E-state index in [1.807, 2.05) is 0 Å². The number of esters is 1. The number of carbonyl (C=O) groups excluding carboxylic acids is 1. The van der Waals surface area contributed by atoms with Crippen LogP contribution in [0.15, 0.2) is 36.4 Å². The van der Waals surface area contributed by atoms with Crippen molar-refractivity contribution in [2.75, 3.05) is 12.9 Å². The van der Waals surface area contributed by atoms with Crippen molar-refractivity contribution in [2.45, 2.75) is 12.2 Å². The second-order valence-electron chi connectivity index (χ2n) is 3.41. The summed E-state index contributed by atoms with van der Waals surface area (Å²) in [7, 11) is 1.17. The van der Waals surface area contributed by atoms with Crippen molar-refractivity contribution in [1.82, 2.24) is 0 Å². The third kappa shape index (κ3) is 4.14. The lowest BCUT2D eigenvalue weighted by Crippen LogP contribution is -2.12.